The van der Waals surface area contributed by atoms with Gasteiger partial charge in [0, 0.05) is 12.2 Å². The van der Waals surface area contributed by atoms with Gasteiger partial charge in [-0.3, -0.25) is 4.79 Å². The fraction of sp³-hybridized carbons (Fsp3) is 0.714. The van der Waals surface area contributed by atoms with Crippen molar-refractivity contribution < 1.29 is 9.90 Å². The Balaban J connectivity index is 1.89. The molecule has 1 aromatic rings. The van der Waals surface area contributed by atoms with Gasteiger partial charge in [-0.25, -0.2) is 4.98 Å². The van der Waals surface area contributed by atoms with Crippen molar-refractivity contribution in [2.24, 2.45) is 5.41 Å². The summed E-state index contributed by atoms with van der Waals surface area (Å²) in [5.74, 6) is -0.0914. The molecule has 0 spiro atoms. The Bertz CT molecular complexity index is 467. The van der Waals surface area contributed by atoms with Crippen molar-refractivity contribution in [3.05, 3.63) is 17.7 Å². The number of nitrogens with zero attached hydrogens (tertiary/aromatic N) is 1. The molecule has 1 fully saturated rings. The summed E-state index contributed by atoms with van der Waals surface area (Å²) in [6.07, 6.45) is 4.61. The molecule has 1 heterocycles. The highest BCUT2D eigenvalue weighted by Crippen LogP contribution is 2.45. The van der Waals surface area contributed by atoms with Crippen LogP contribution in [0.2, 0.25) is 0 Å². The number of carbonyl (C=O) groups excluding carboxylic acids is 1. The molecule has 0 radical (unpaired) electrons. The van der Waals surface area contributed by atoms with E-state index in [0.29, 0.717) is 6.54 Å². The van der Waals surface area contributed by atoms with E-state index in [1.165, 1.54) is 0 Å². The van der Waals surface area contributed by atoms with Gasteiger partial charge in [0.25, 0.3) is 0 Å². The minimum atomic E-state index is -0.788. The van der Waals surface area contributed by atoms with Crippen LogP contribution in [0.5, 0.6) is 0 Å². The lowest BCUT2D eigenvalue weighted by Crippen LogP contribution is -2.49. The van der Waals surface area contributed by atoms with Gasteiger partial charge in [-0.05, 0) is 31.6 Å². The third-order valence-electron chi connectivity index (χ3n) is 4.49. The Morgan fingerprint density at radius 1 is 1.53 bits per heavy atom. The van der Waals surface area contributed by atoms with Gasteiger partial charge in [-0.1, -0.05) is 13.8 Å². The number of aromatic nitrogens is 2. The highest BCUT2D eigenvalue weighted by atomic mass is 16.3. The van der Waals surface area contributed by atoms with E-state index in [1.54, 1.807) is 6.33 Å². The molecule has 2 rings (SSSR count). The van der Waals surface area contributed by atoms with Crippen molar-refractivity contribution in [2.45, 2.75) is 52.1 Å². The zero-order valence-corrected chi connectivity index (χ0v) is 11.9. The Labute approximate surface area is 113 Å². The summed E-state index contributed by atoms with van der Waals surface area (Å²) in [7, 11) is 0. The number of hydrogen-bond acceptors (Lipinski definition) is 3. The predicted molar refractivity (Wildman–Crippen MR) is 72.6 cm³/mol. The van der Waals surface area contributed by atoms with Crippen LogP contribution in [0.3, 0.4) is 0 Å². The molecule has 19 heavy (non-hydrogen) atoms. The van der Waals surface area contributed by atoms with E-state index in [2.05, 4.69) is 29.1 Å². The first kappa shape index (κ1) is 14.1. The Morgan fingerprint density at radius 2 is 2.26 bits per heavy atom. The molecule has 1 amide bonds. The minimum Gasteiger partial charge on any atom is -0.387 e. The van der Waals surface area contributed by atoms with Crippen molar-refractivity contribution in [1.82, 2.24) is 15.3 Å². The van der Waals surface area contributed by atoms with Gasteiger partial charge in [0.1, 0.15) is 0 Å². The molecule has 5 heteroatoms. The van der Waals surface area contributed by atoms with Crippen LogP contribution in [0.1, 0.15) is 44.5 Å². The first-order valence-corrected chi connectivity index (χ1v) is 6.82. The topological polar surface area (TPSA) is 78.0 Å². The zero-order chi connectivity index (χ0) is 14.1. The molecule has 1 aliphatic carbocycles. The van der Waals surface area contributed by atoms with Crippen molar-refractivity contribution in [3.8, 4) is 0 Å². The minimum absolute atomic E-state index is 0.0914. The Morgan fingerprint density at radius 3 is 2.79 bits per heavy atom. The predicted octanol–water partition coefficient (Wildman–Crippen LogP) is 1.32. The van der Waals surface area contributed by atoms with Gasteiger partial charge >= 0.3 is 0 Å². The smallest absolute Gasteiger partial charge is 0.226 e. The molecule has 1 aromatic heterocycles. The molecule has 0 aliphatic heterocycles. The maximum atomic E-state index is 11.9. The largest absolute Gasteiger partial charge is 0.387 e. The van der Waals surface area contributed by atoms with E-state index in [0.717, 1.165) is 30.7 Å². The molecule has 0 bridgehead atoms. The van der Waals surface area contributed by atoms with E-state index in [1.807, 2.05) is 6.92 Å². The number of aliphatic hydroxyl groups is 1. The second-order valence-corrected chi connectivity index (χ2v) is 6.20. The molecule has 1 saturated carbocycles. The quantitative estimate of drug-likeness (QED) is 0.768. The van der Waals surface area contributed by atoms with Gasteiger partial charge in [0.2, 0.25) is 5.91 Å². The summed E-state index contributed by atoms with van der Waals surface area (Å²) in [6.45, 7) is 6.33. The van der Waals surface area contributed by atoms with Crippen molar-refractivity contribution >= 4 is 5.91 Å². The summed E-state index contributed by atoms with van der Waals surface area (Å²) >= 11 is 0. The standard InChI is InChI=1S/C14H23N3O2/c1-10-11(17-9-16-10)7-12(18)15-8-14(19)6-4-5-13(14,2)3/h9,19H,4-8H2,1-3H3,(H,15,18)(H,16,17). The number of amides is 1. The first-order chi connectivity index (χ1) is 8.84. The Kier molecular flexibility index (Phi) is 3.67. The molecule has 5 nitrogen and oxygen atoms in total. The first-order valence-electron chi connectivity index (χ1n) is 6.82. The molecule has 1 atom stereocenters. The van der Waals surface area contributed by atoms with Crippen molar-refractivity contribution in [3.63, 3.8) is 0 Å². The van der Waals surface area contributed by atoms with Crippen LogP contribution < -0.4 is 5.32 Å². The average molecular weight is 265 g/mol. The summed E-state index contributed by atoms with van der Waals surface area (Å²) < 4.78 is 0. The molecular formula is C14H23N3O2. The molecule has 0 saturated heterocycles. The second kappa shape index (κ2) is 4.96. The van der Waals surface area contributed by atoms with Crippen molar-refractivity contribution in [1.29, 1.82) is 0 Å². The van der Waals surface area contributed by atoms with Crippen LogP contribution in [0.25, 0.3) is 0 Å². The molecule has 3 N–H and O–H groups in total. The summed E-state index contributed by atoms with van der Waals surface area (Å²) in [5, 5.41) is 13.5. The number of nitrogens with one attached hydrogen (secondary N) is 2. The molecule has 1 unspecified atom stereocenters. The number of carbonyl (C=O) groups is 1. The molecule has 106 valence electrons. The maximum Gasteiger partial charge on any atom is 0.226 e. The van der Waals surface area contributed by atoms with E-state index in [-0.39, 0.29) is 17.7 Å². The van der Waals surface area contributed by atoms with E-state index >= 15 is 0 Å². The van der Waals surface area contributed by atoms with Gasteiger partial charge < -0.3 is 15.4 Å². The van der Waals surface area contributed by atoms with Crippen LogP contribution in [-0.4, -0.2) is 33.1 Å². The Hall–Kier alpha value is -1.36. The number of aromatic amines is 1. The third kappa shape index (κ3) is 2.81. The monoisotopic (exact) mass is 265 g/mol. The normalized spacial score (nSPS) is 25.5. The number of aryl methyl sites for hydroxylation is 1. The van der Waals surface area contributed by atoms with Crippen LogP contribution in [0, 0.1) is 12.3 Å². The van der Waals surface area contributed by atoms with Gasteiger partial charge in [0.05, 0.1) is 24.0 Å². The fourth-order valence-electron chi connectivity index (χ4n) is 2.75. The summed E-state index contributed by atoms with van der Waals surface area (Å²) in [6, 6.07) is 0. The number of imidazole rings is 1. The highest BCUT2D eigenvalue weighted by molar-refractivity contribution is 5.78. The summed E-state index contributed by atoms with van der Waals surface area (Å²) in [4.78, 5) is 19.0. The molecule has 1 aliphatic rings. The lowest BCUT2D eigenvalue weighted by Gasteiger charge is -2.36. The van der Waals surface area contributed by atoms with Gasteiger partial charge in [-0.15, -0.1) is 0 Å². The highest BCUT2D eigenvalue weighted by Gasteiger charge is 2.47. The number of hydrogen-bond donors (Lipinski definition) is 3. The number of rotatable bonds is 4. The van der Waals surface area contributed by atoms with Crippen LogP contribution >= 0.6 is 0 Å². The maximum absolute atomic E-state index is 11.9. The molecule has 0 aromatic carbocycles. The van der Waals surface area contributed by atoms with E-state index < -0.39 is 5.60 Å². The SMILES string of the molecule is Cc1[nH]cnc1CC(=O)NCC1(O)CCCC1(C)C. The van der Waals surface area contributed by atoms with Crippen LogP contribution in [0.15, 0.2) is 6.33 Å². The van der Waals surface area contributed by atoms with Crippen molar-refractivity contribution in [2.75, 3.05) is 6.54 Å². The fourth-order valence-corrected chi connectivity index (χ4v) is 2.75. The lowest BCUT2D eigenvalue weighted by molar-refractivity contribution is -0.123. The second-order valence-electron chi connectivity index (χ2n) is 6.20. The average Bonchev–Trinajstić information content (AvgIpc) is 2.83. The molecular weight excluding hydrogens is 242 g/mol. The zero-order valence-electron chi connectivity index (χ0n) is 11.9. The number of H-pyrrole nitrogens is 1. The van der Waals surface area contributed by atoms with Gasteiger partial charge in [0.15, 0.2) is 0 Å². The van der Waals surface area contributed by atoms with E-state index in [9.17, 15) is 9.90 Å². The summed E-state index contributed by atoms with van der Waals surface area (Å²) in [5.41, 5.74) is 0.747. The van der Waals surface area contributed by atoms with E-state index in [4.69, 9.17) is 0 Å². The van der Waals surface area contributed by atoms with Crippen LogP contribution in [-0.2, 0) is 11.2 Å². The van der Waals surface area contributed by atoms with Gasteiger partial charge in [-0.2, -0.15) is 0 Å². The van der Waals surface area contributed by atoms with Crippen LogP contribution in [0.4, 0.5) is 0 Å². The lowest BCUT2D eigenvalue weighted by atomic mass is 9.78. The third-order valence-corrected chi connectivity index (χ3v) is 4.49.